The van der Waals surface area contributed by atoms with E-state index in [9.17, 15) is 4.39 Å². The Labute approximate surface area is 132 Å². The lowest BCUT2D eigenvalue weighted by atomic mass is 10.2. The lowest BCUT2D eigenvalue weighted by Gasteiger charge is -2.36. The summed E-state index contributed by atoms with van der Waals surface area (Å²) in [6, 6.07) is 8.82. The van der Waals surface area contributed by atoms with Crippen LogP contribution >= 0.6 is 0 Å². The van der Waals surface area contributed by atoms with Crippen LogP contribution in [0.15, 0.2) is 42.9 Å². The molecule has 2 aromatic heterocycles. The van der Waals surface area contributed by atoms with Crippen LogP contribution in [-0.4, -0.2) is 46.3 Å². The normalized spacial score (nSPS) is 15.2. The topological polar surface area (TPSA) is 58.0 Å². The third-order valence-corrected chi connectivity index (χ3v) is 4.06. The zero-order valence-corrected chi connectivity index (χ0v) is 12.4. The van der Waals surface area contributed by atoms with E-state index in [1.165, 1.54) is 12.4 Å². The first-order chi connectivity index (χ1) is 11.3. The zero-order chi connectivity index (χ0) is 15.6. The van der Waals surface area contributed by atoms with Crippen molar-refractivity contribution in [2.24, 2.45) is 0 Å². The molecule has 3 heterocycles. The van der Waals surface area contributed by atoms with E-state index >= 15 is 0 Å². The smallest absolute Gasteiger partial charge is 0.151 e. The Morgan fingerprint density at radius 1 is 0.913 bits per heavy atom. The summed E-state index contributed by atoms with van der Waals surface area (Å²) >= 11 is 0. The highest BCUT2D eigenvalue weighted by Gasteiger charge is 2.21. The number of fused-ring (bicyclic) bond motifs is 1. The zero-order valence-electron chi connectivity index (χ0n) is 12.4. The van der Waals surface area contributed by atoms with Crippen molar-refractivity contribution in [2.45, 2.75) is 0 Å². The van der Waals surface area contributed by atoms with Gasteiger partial charge in [0.05, 0.1) is 0 Å². The molecule has 1 aliphatic rings. The molecule has 7 heteroatoms. The van der Waals surface area contributed by atoms with Crippen molar-refractivity contribution in [3.63, 3.8) is 0 Å². The summed E-state index contributed by atoms with van der Waals surface area (Å²) in [6.07, 6.45) is 3.09. The number of rotatable bonds is 2. The standard InChI is InChI=1S/C16H15FN6/c17-13-4-1-3-12-15(13)18-11-19-16(12)23-9-7-22(8-10-23)14-5-2-6-20-21-14/h1-6,11H,7-10H2. The van der Waals surface area contributed by atoms with Gasteiger partial charge in [0.25, 0.3) is 0 Å². The minimum absolute atomic E-state index is 0.315. The van der Waals surface area contributed by atoms with Crippen LogP contribution in [0.1, 0.15) is 0 Å². The Bertz CT molecular complexity index is 817. The van der Waals surface area contributed by atoms with Gasteiger partial charge in [0.15, 0.2) is 5.82 Å². The van der Waals surface area contributed by atoms with Gasteiger partial charge >= 0.3 is 0 Å². The van der Waals surface area contributed by atoms with Gasteiger partial charge in [-0.3, -0.25) is 0 Å². The fraction of sp³-hybridized carbons (Fsp3) is 0.250. The summed E-state index contributed by atoms with van der Waals surface area (Å²) in [5, 5.41) is 8.81. The van der Waals surface area contributed by atoms with Gasteiger partial charge in [0.1, 0.15) is 23.5 Å². The van der Waals surface area contributed by atoms with Crippen molar-refractivity contribution >= 4 is 22.5 Å². The molecular weight excluding hydrogens is 295 g/mol. The number of nitrogens with zero attached hydrogens (tertiary/aromatic N) is 6. The molecule has 3 aromatic rings. The third-order valence-electron chi connectivity index (χ3n) is 4.06. The van der Waals surface area contributed by atoms with E-state index in [1.807, 2.05) is 18.2 Å². The molecule has 0 aliphatic carbocycles. The van der Waals surface area contributed by atoms with E-state index in [0.717, 1.165) is 43.2 Å². The average Bonchev–Trinajstić information content (AvgIpc) is 2.63. The van der Waals surface area contributed by atoms with Crippen LogP contribution in [0, 0.1) is 5.82 Å². The second-order valence-electron chi connectivity index (χ2n) is 5.39. The van der Waals surface area contributed by atoms with Gasteiger partial charge in [-0.05, 0) is 24.3 Å². The molecule has 0 spiro atoms. The molecule has 0 N–H and O–H groups in total. The number of halogens is 1. The SMILES string of the molecule is Fc1cccc2c(N3CCN(c4cccnn4)CC3)ncnc12. The van der Waals surface area contributed by atoms with Crippen molar-refractivity contribution < 1.29 is 4.39 Å². The van der Waals surface area contributed by atoms with Crippen LogP contribution < -0.4 is 9.80 Å². The van der Waals surface area contributed by atoms with Gasteiger partial charge < -0.3 is 9.80 Å². The van der Waals surface area contributed by atoms with E-state index in [4.69, 9.17) is 0 Å². The summed E-state index contributed by atoms with van der Waals surface area (Å²) in [5.74, 6) is 1.35. The Hall–Kier alpha value is -2.83. The lowest BCUT2D eigenvalue weighted by molar-refractivity contribution is 0.632. The Morgan fingerprint density at radius 3 is 2.52 bits per heavy atom. The molecule has 23 heavy (non-hydrogen) atoms. The number of aromatic nitrogens is 4. The molecule has 1 fully saturated rings. The molecule has 0 saturated carbocycles. The average molecular weight is 310 g/mol. The highest BCUT2D eigenvalue weighted by Crippen LogP contribution is 2.25. The van der Waals surface area contributed by atoms with Gasteiger partial charge in [0.2, 0.25) is 0 Å². The second kappa shape index (κ2) is 5.75. The maximum atomic E-state index is 13.9. The molecule has 116 valence electrons. The maximum Gasteiger partial charge on any atom is 0.151 e. The van der Waals surface area contributed by atoms with Crippen LogP contribution in [0.4, 0.5) is 16.0 Å². The molecule has 1 saturated heterocycles. The van der Waals surface area contributed by atoms with Crippen molar-refractivity contribution in [3.05, 3.63) is 48.7 Å². The van der Waals surface area contributed by atoms with E-state index in [0.29, 0.717) is 5.52 Å². The molecule has 0 radical (unpaired) electrons. The fourth-order valence-electron chi connectivity index (χ4n) is 2.90. The van der Waals surface area contributed by atoms with Crippen LogP contribution in [-0.2, 0) is 0 Å². The third kappa shape index (κ3) is 2.54. The predicted octanol–water partition coefficient (Wildman–Crippen LogP) is 1.89. The van der Waals surface area contributed by atoms with Gasteiger partial charge in [-0.2, -0.15) is 5.10 Å². The molecule has 1 aliphatic heterocycles. The monoisotopic (exact) mass is 310 g/mol. The molecule has 0 bridgehead atoms. The minimum atomic E-state index is -0.315. The van der Waals surface area contributed by atoms with E-state index in [2.05, 4.69) is 30.0 Å². The van der Waals surface area contributed by atoms with E-state index in [-0.39, 0.29) is 5.82 Å². The highest BCUT2D eigenvalue weighted by molar-refractivity contribution is 5.89. The van der Waals surface area contributed by atoms with Gasteiger partial charge in [-0.25, -0.2) is 14.4 Å². The number of benzene rings is 1. The molecular formula is C16H15FN6. The molecule has 4 rings (SSSR count). The molecule has 1 aromatic carbocycles. The Kier molecular flexibility index (Phi) is 3.45. The highest BCUT2D eigenvalue weighted by atomic mass is 19.1. The van der Waals surface area contributed by atoms with E-state index in [1.54, 1.807) is 12.3 Å². The number of para-hydroxylation sites is 1. The van der Waals surface area contributed by atoms with Crippen LogP contribution in [0.5, 0.6) is 0 Å². The predicted molar refractivity (Wildman–Crippen MR) is 86.0 cm³/mol. The Balaban J connectivity index is 1.58. The fourth-order valence-corrected chi connectivity index (χ4v) is 2.90. The summed E-state index contributed by atoms with van der Waals surface area (Å²) in [7, 11) is 0. The molecule has 6 nitrogen and oxygen atoms in total. The number of anilines is 2. The van der Waals surface area contributed by atoms with Crippen LogP contribution in [0.2, 0.25) is 0 Å². The minimum Gasteiger partial charge on any atom is -0.352 e. The summed E-state index contributed by atoms with van der Waals surface area (Å²) in [6.45, 7) is 3.22. The second-order valence-corrected chi connectivity index (χ2v) is 5.39. The van der Waals surface area contributed by atoms with Crippen LogP contribution in [0.3, 0.4) is 0 Å². The Morgan fingerprint density at radius 2 is 1.74 bits per heavy atom. The van der Waals surface area contributed by atoms with Crippen molar-refractivity contribution in [2.75, 3.05) is 36.0 Å². The number of piperazine rings is 1. The van der Waals surface area contributed by atoms with Gasteiger partial charge in [-0.15, -0.1) is 5.10 Å². The van der Waals surface area contributed by atoms with Gasteiger partial charge in [0, 0.05) is 37.8 Å². The number of hydrogen-bond donors (Lipinski definition) is 0. The lowest BCUT2D eigenvalue weighted by Crippen LogP contribution is -2.47. The summed E-state index contributed by atoms with van der Waals surface area (Å²) in [4.78, 5) is 12.8. The van der Waals surface area contributed by atoms with Crippen LogP contribution in [0.25, 0.3) is 10.9 Å². The van der Waals surface area contributed by atoms with E-state index < -0.39 is 0 Å². The van der Waals surface area contributed by atoms with Crippen molar-refractivity contribution in [3.8, 4) is 0 Å². The first kappa shape index (κ1) is 13.8. The molecule has 0 atom stereocenters. The largest absolute Gasteiger partial charge is 0.352 e. The molecule has 0 amide bonds. The first-order valence-corrected chi connectivity index (χ1v) is 7.50. The van der Waals surface area contributed by atoms with Crippen molar-refractivity contribution in [1.29, 1.82) is 0 Å². The maximum absolute atomic E-state index is 13.9. The van der Waals surface area contributed by atoms with Gasteiger partial charge in [-0.1, -0.05) is 6.07 Å². The first-order valence-electron chi connectivity index (χ1n) is 7.50. The summed E-state index contributed by atoms with van der Waals surface area (Å²) < 4.78 is 13.9. The summed E-state index contributed by atoms with van der Waals surface area (Å²) in [5.41, 5.74) is 0.369. The quantitative estimate of drug-likeness (QED) is 0.720. The van der Waals surface area contributed by atoms with Crippen molar-refractivity contribution in [1.82, 2.24) is 20.2 Å². The number of hydrogen-bond acceptors (Lipinski definition) is 6. The molecule has 0 unspecified atom stereocenters.